The Kier molecular flexibility index (Phi) is 6.23. The molecule has 0 spiro atoms. The number of carbonyl (C=O) groups is 3. The first-order valence-corrected chi connectivity index (χ1v) is 6.53. The highest BCUT2D eigenvalue weighted by atomic mass is 16.5. The molecule has 1 aliphatic carbocycles. The smallest absolute Gasteiger partial charge is 0.314 e. The Hall–Kier alpha value is -1.83. The Labute approximate surface area is 117 Å². The summed E-state index contributed by atoms with van der Waals surface area (Å²) < 4.78 is 4.88. The number of primary amides is 1. The third-order valence-electron chi connectivity index (χ3n) is 3.34. The van der Waals surface area contributed by atoms with Gasteiger partial charge in [0.2, 0.25) is 5.91 Å². The molecule has 5 N–H and O–H groups in total. The number of urea groups is 1. The van der Waals surface area contributed by atoms with Crippen LogP contribution in [0.3, 0.4) is 0 Å². The first-order chi connectivity index (χ1) is 9.43. The summed E-state index contributed by atoms with van der Waals surface area (Å²) >= 11 is 0. The Balaban J connectivity index is 2.13. The van der Waals surface area contributed by atoms with Gasteiger partial charge in [-0.15, -0.1) is 0 Å². The number of nitrogens with two attached hydrogens (primary N) is 1. The van der Waals surface area contributed by atoms with Crippen molar-refractivity contribution in [3.05, 3.63) is 0 Å². The lowest BCUT2D eigenvalue weighted by Crippen LogP contribution is -2.47. The molecule has 0 aromatic rings. The Morgan fingerprint density at radius 1 is 1.25 bits per heavy atom. The second kappa shape index (κ2) is 7.68. The Morgan fingerprint density at radius 3 is 2.45 bits per heavy atom. The Bertz CT molecular complexity index is 368. The van der Waals surface area contributed by atoms with Crippen molar-refractivity contribution in [2.24, 2.45) is 11.1 Å². The van der Waals surface area contributed by atoms with Crippen molar-refractivity contribution >= 4 is 17.9 Å². The summed E-state index contributed by atoms with van der Waals surface area (Å²) in [6, 6.07) is -0.371. The maximum absolute atomic E-state index is 11.5. The lowest BCUT2D eigenvalue weighted by Gasteiger charge is -2.40. The van der Waals surface area contributed by atoms with E-state index in [1.807, 2.05) is 0 Å². The summed E-state index contributed by atoms with van der Waals surface area (Å²) in [7, 11) is 0. The van der Waals surface area contributed by atoms with Crippen molar-refractivity contribution < 1.29 is 24.2 Å². The van der Waals surface area contributed by atoms with Gasteiger partial charge < -0.3 is 26.2 Å². The maximum Gasteiger partial charge on any atom is 0.314 e. The van der Waals surface area contributed by atoms with Gasteiger partial charge in [0.1, 0.15) is 6.61 Å². The van der Waals surface area contributed by atoms with Gasteiger partial charge in [-0.05, 0) is 18.3 Å². The average molecular weight is 287 g/mol. The largest absolute Gasteiger partial charge is 0.481 e. The van der Waals surface area contributed by atoms with Crippen LogP contribution in [0, 0.1) is 5.41 Å². The molecular formula is C12H21N3O5. The zero-order valence-corrected chi connectivity index (χ0v) is 11.3. The predicted octanol–water partition coefficient (Wildman–Crippen LogP) is -0.567. The Morgan fingerprint density at radius 2 is 1.95 bits per heavy atom. The molecule has 1 aliphatic rings. The summed E-state index contributed by atoms with van der Waals surface area (Å²) in [4.78, 5) is 32.7. The van der Waals surface area contributed by atoms with Gasteiger partial charge in [0.05, 0.1) is 13.0 Å². The molecule has 20 heavy (non-hydrogen) atoms. The fourth-order valence-corrected chi connectivity index (χ4v) is 2.15. The molecule has 0 aromatic carbocycles. The number of amides is 3. The summed E-state index contributed by atoms with van der Waals surface area (Å²) in [5.74, 6) is -1.40. The number of rotatable bonds is 9. The quantitative estimate of drug-likeness (QED) is 0.422. The highest BCUT2D eigenvalue weighted by molar-refractivity contribution is 5.75. The molecular weight excluding hydrogens is 266 g/mol. The van der Waals surface area contributed by atoms with E-state index >= 15 is 0 Å². The van der Waals surface area contributed by atoms with E-state index in [0.717, 1.165) is 19.3 Å². The van der Waals surface area contributed by atoms with Crippen LogP contribution >= 0.6 is 0 Å². The van der Waals surface area contributed by atoms with E-state index in [0.29, 0.717) is 6.54 Å². The van der Waals surface area contributed by atoms with Crippen LogP contribution in [-0.2, 0) is 14.3 Å². The molecule has 0 aliphatic heterocycles. The van der Waals surface area contributed by atoms with Crippen LogP contribution in [0.15, 0.2) is 0 Å². The van der Waals surface area contributed by atoms with Gasteiger partial charge in [-0.3, -0.25) is 9.59 Å². The minimum Gasteiger partial charge on any atom is -0.481 e. The topological polar surface area (TPSA) is 131 Å². The van der Waals surface area contributed by atoms with E-state index in [9.17, 15) is 14.4 Å². The number of aliphatic carboxylic acids is 1. The molecule has 3 amide bonds. The lowest BCUT2D eigenvalue weighted by atomic mass is 9.66. The molecule has 114 valence electrons. The highest BCUT2D eigenvalue weighted by Gasteiger charge is 2.39. The third-order valence-corrected chi connectivity index (χ3v) is 3.34. The van der Waals surface area contributed by atoms with Crippen molar-refractivity contribution in [2.75, 3.05) is 26.3 Å². The van der Waals surface area contributed by atoms with Crippen LogP contribution in [0.1, 0.15) is 25.7 Å². The minimum atomic E-state index is -0.841. The van der Waals surface area contributed by atoms with Crippen LogP contribution < -0.4 is 16.4 Å². The number of carboxylic acids is 1. The molecule has 8 heteroatoms. The lowest BCUT2D eigenvalue weighted by molar-refractivity contribution is -0.141. The molecule has 0 saturated heterocycles. The number of hydrogen-bond donors (Lipinski definition) is 4. The van der Waals surface area contributed by atoms with Gasteiger partial charge in [0.25, 0.3) is 0 Å². The number of ether oxygens (including phenoxy) is 1. The van der Waals surface area contributed by atoms with Gasteiger partial charge in [0.15, 0.2) is 0 Å². The first kappa shape index (κ1) is 16.2. The number of nitrogens with one attached hydrogen (secondary N) is 2. The minimum absolute atomic E-state index is 0.0784. The van der Waals surface area contributed by atoms with Gasteiger partial charge in [-0.25, -0.2) is 4.79 Å². The van der Waals surface area contributed by atoms with Gasteiger partial charge in [0, 0.05) is 13.1 Å². The van der Waals surface area contributed by atoms with Crippen molar-refractivity contribution in [1.29, 1.82) is 0 Å². The van der Waals surface area contributed by atoms with Gasteiger partial charge >= 0.3 is 12.0 Å². The number of carboxylic acid groups (broad SMARTS) is 1. The molecule has 0 atom stereocenters. The van der Waals surface area contributed by atoms with Crippen LogP contribution in [0.4, 0.5) is 4.79 Å². The second-order valence-corrected chi connectivity index (χ2v) is 5.05. The molecule has 1 rings (SSSR count). The molecule has 8 nitrogen and oxygen atoms in total. The molecule has 0 bridgehead atoms. The molecule has 1 saturated carbocycles. The van der Waals surface area contributed by atoms with Crippen LogP contribution in [0.2, 0.25) is 0 Å². The van der Waals surface area contributed by atoms with E-state index < -0.39 is 11.9 Å². The molecule has 0 aromatic heterocycles. The summed E-state index contributed by atoms with van der Waals surface area (Å²) in [6.45, 7) is 0.625. The molecule has 1 fully saturated rings. The summed E-state index contributed by atoms with van der Waals surface area (Å²) in [5.41, 5.74) is 4.58. The number of carbonyl (C=O) groups excluding carboxylic acids is 2. The zero-order valence-electron chi connectivity index (χ0n) is 11.3. The van der Waals surface area contributed by atoms with E-state index in [4.69, 9.17) is 15.6 Å². The number of hydrogen-bond acceptors (Lipinski definition) is 4. The van der Waals surface area contributed by atoms with Crippen molar-refractivity contribution in [1.82, 2.24) is 10.6 Å². The van der Waals surface area contributed by atoms with E-state index in [1.165, 1.54) is 0 Å². The van der Waals surface area contributed by atoms with Crippen molar-refractivity contribution in [2.45, 2.75) is 25.7 Å². The average Bonchev–Trinajstić information content (AvgIpc) is 2.31. The monoisotopic (exact) mass is 287 g/mol. The van der Waals surface area contributed by atoms with Crippen LogP contribution in [0.5, 0.6) is 0 Å². The zero-order chi connectivity index (χ0) is 15.0. The predicted molar refractivity (Wildman–Crippen MR) is 70.0 cm³/mol. The van der Waals surface area contributed by atoms with Crippen LogP contribution in [-0.4, -0.2) is 49.3 Å². The SMILES string of the molecule is NC(=O)COCCNC(=O)NCC1(CC(=O)O)CCC1. The van der Waals surface area contributed by atoms with Crippen LogP contribution in [0.25, 0.3) is 0 Å². The standard InChI is InChI=1S/C12H21N3O5/c13-9(16)7-20-5-4-14-11(19)15-8-12(2-1-3-12)6-10(17)18/h1-8H2,(H2,13,16)(H,17,18)(H2,14,15,19). The summed E-state index contributed by atoms with van der Waals surface area (Å²) in [5, 5.41) is 14.1. The van der Waals surface area contributed by atoms with Crippen molar-refractivity contribution in [3.63, 3.8) is 0 Å². The summed E-state index contributed by atoms with van der Waals surface area (Å²) in [6.07, 6.45) is 2.72. The molecule has 0 heterocycles. The van der Waals surface area contributed by atoms with E-state index in [-0.39, 0.29) is 37.6 Å². The molecule has 0 unspecified atom stereocenters. The van der Waals surface area contributed by atoms with Gasteiger partial charge in [-0.2, -0.15) is 0 Å². The normalized spacial score (nSPS) is 16.0. The van der Waals surface area contributed by atoms with E-state index in [1.54, 1.807) is 0 Å². The second-order valence-electron chi connectivity index (χ2n) is 5.05. The highest BCUT2D eigenvalue weighted by Crippen LogP contribution is 2.43. The first-order valence-electron chi connectivity index (χ1n) is 6.53. The maximum atomic E-state index is 11.5. The van der Waals surface area contributed by atoms with E-state index in [2.05, 4.69) is 10.6 Å². The third kappa shape index (κ3) is 5.87. The fourth-order valence-electron chi connectivity index (χ4n) is 2.15. The van der Waals surface area contributed by atoms with Gasteiger partial charge in [-0.1, -0.05) is 6.42 Å². The molecule has 0 radical (unpaired) electrons. The fraction of sp³-hybridized carbons (Fsp3) is 0.750. The van der Waals surface area contributed by atoms with Crippen molar-refractivity contribution in [3.8, 4) is 0 Å².